The van der Waals surface area contributed by atoms with Crippen LogP contribution in [0.4, 0.5) is 26.1 Å². The predicted molar refractivity (Wildman–Crippen MR) is 273 cm³/mol. The van der Waals surface area contributed by atoms with Crippen molar-refractivity contribution in [3.8, 4) is 17.2 Å². The minimum Gasteiger partial charge on any atom is -0.497 e. The van der Waals surface area contributed by atoms with Gasteiger partial charge in [0.25, 0.3) is 11.8 Å². The number of aryl methyl sites for hydroxylation is 2. The summed E-state index contributed by atoms with van der Waals surface area (Å²) in [5.41, 5.74) is 9.35. The van der Waals surface area contributed by atoms with E-state index in [1.807, 2.05) is 36.5 Å². The van der Waals surface area contributed by atoms with Crippen molar-refractivity contribution in [1.29, 1.82) is 0 Å². The lowest BCUT2D eigenvalue weighted by molar-refractivity contribution is 0.0635. The Bertz CT molecular complexity index is 3140. The van der Waals surface area contributed by atoms with Crippen molar-refractivity contribution in [3.63, 3.8) is 0 Å². The number of amides is 2. The molecule has 7 aromatic rings. The molecule has 72 heavy (non-hydrogen) atoms. The third kappa shape index (κ3) is 10.6. The van der Waals surface area contributed by atoms with Gasteiger partial charge < -0.3 is 40.6 Å². The SMILES string of the molecule is COc1ccc(NC(=O)c2c(F)c(Cl)cc(C(C)c3nc(C)c4c(NCC(C)Oc5c(C(C)c6nc(C)c7c(N)nccn67)cc(Cl)c(F)c5C(=O)NCCC5CCOCC5)nccn34)c2OC(C)C)cc1. The second kappa shape index (κ2) is 21.9. The molecular formula is C52H58Cl2F2N10O6. The molecule has 0 aliphatic carbocycles. The van der Waals surface area contributed by atoms with Gasteiger partial charge in [0.2, 0.25) is 0 Å². The molecule has 3 aromatic carbocycles. The van der Waals surface area contributed by atoms with Crippen LogP contribution in [0.15, 0.2) is 61.2 Å². The Kier molecular flexibility index (Phi) is 15.7. The number of aromatic nitrogens is 6. The maximum atomic E-state index is 16.4. The van der Waals surface area contributed by atoms with Crippen LogP contribution in [0.25, 0.3) is 11.0 Å². The van der Waals surface area contributed by atoms with Crippen LogP contribution in [-0.2, 0) is 4.74 Å². The summed E-state index contributed by atoms with van der Waals surface area (Å²) in [7, 11) is 1.53. The third-order valence-electron chi connectivity index (χ3n) is 12.9. The first-order valence-corrected chi connectivity index (χ1v) is 24.6. The zero-order valence-corrected chi connectivity index (χ0v) is 42.8. The summed E-state index contributed by atoms with van der Waals surface area (Å²) < 4.78 is 59.8. The summed E-state index contributed by atoms with van der Waals surface area (Å²) in [6, 6.07) is 9.55. The molecule has 380 valence electrons. The molecule has 1 fully saturated rings. The third-order valence-corrected chi connectivity index (χ3v) is 13.4. The van der Waals surface area contributed by atoms with Crippen LogP contribution in [0.5, 0.6) is 17.2 Å². The Morgan fingerprint density at radius 1 is 0.819 bits per heavy atom. The van der Waals surface area contributed by atoms with E-state index in [1.165, 1.54) is 19.2 Å². The fourth-order valence-corrected chi connectivity index (χ4v) is 9.61. The molecule has 0 radical (unpaired) electrons. The van der Waals surface area contributed by atoms with Gasteiger partial charge in [0.1, 0.15) is 63.0 Å². The van der Waals surface area contributed by atoms with E-state index in [1.54, 1.807) is 69.8 Å². The topological polar surface area (TPSA) is 194 Å². The highest BCUT2D eigenvalue weighted by atomic mass is 35.5. The average Bonchev–Trinajstić information content (AvgIpc) is 3.89. The summed E-state index contributed by atoms with van der Waals surface area (Å²) in [5.74, 6) is -1.65. The van der Waals surface area contributed by atoms with Gasteiger partial charge in [-0.3, -0.25) is 18.4 Å². The fraction of sp³-hybridized carbons (Fsp3) is 0.385. The van der Waals surface area contributed by atoms with Crippen LogP contribution in [-0.4, -0.2) is 86.2 Å². The number of benzene rings is 3. The van der Waals surface area contributed by atoms with Crippen LogP contribution in [0.3, 0.4) is 0 Å². The van der Waals surface area contributed by atoms with E-state index >= 15 is 8.78 Å². The monoisotopic (exact) mass is 1030 g/mol. The largest absolute Gasteiger partial charge is 0.497 e. The van der Waals surface area contributed by atoms with Gasteiger partial charge in [-0.1, -0.05) is 37.0 Å². The number of halogens is 4. The number of nitrogens with one attached hydrogen (secondary N) is 3. The van der Waals surface area contributed by atoms with Gasteiger partial charge >= 0.3 is 0 Å². The Labute approximate surface area is 426 Å². The van der Waals surface area contributed by atoms with Crippen molar-refractivity contribution < 1.29 is 37.3 Å². The number of nitrogens with two attached hydrogens (primary N) is 1. The van der Waals surface area contributed by atoms with Crippen LogP contribution in [0, 0.1) is 31.4 Å². The molecule has 0 saturated carbocycles. The maximum Gasteiger partial charge on any atom is 0.262 e. The minimum absolute atomic E-state index is 0.0101. The standard InChI is InChI=1S/C52H58Cl2F2N10O6/c1-26(2)71-45-35(23-38(54)42(56)40(45)52(68)64-33-9-11-34(69-8)12-10-33)28(4)50-63-31(7)44-48(59-18-20-66(44)50)61-25-27(3)72-46-36(29(5)49-62-30(6)43-47(57)58-17-19-65(43)49)24-37(53)41(55)39(46)51(67)60-16-13-32-14-21-70-22-15-32/h9-12,17-20,23-24,26-29,32H,13-16,21-22,25H2,1-8H3,(H2,57,58)(H,59,61)(H,60,67)(H,64,68). The van der Waals surface area contributed by atoms with Gasteiger partial charge in [-0.2, -0.15) is 0 Å². The van der Waals surface area contributed by atoms with Crippen molar-refractivity contribution in [1.82, 2.24) is 34.1 Å². The van der Waals surface area contributed by atoms with E-state index in [-0.39, 0.29) is 39.2 Å². The van der Waals surface area contributed by atoms with Gasteiger partial charge in [-0.05, 0) is 96.2 Å². The quantitative estimate of drug-likeness (QED) is 0.0637. The second-order valence-electron chi connectivity index (χ2n) is 18.3. The molecule has 4 aromatic heterocycles. The number of nitrogen functional groups attached to an aromatic ring is 1. The Morgan fingerprint density at radius 3 is 1.97 bits per heavy atom. The summed E-state index contributed by atoms with van der Waals surface area (Å²) in [6.07, 6.45) is 7.98. The fourth-order valence-electron chi connectivity index (χ4n) is 9.19. The van der Waals surface area contributed by atoms with Crippen LogP contribution >= 0.6 is 23.2 Å². The molecule has 1 saturated heterocycles. The molecule has 1 aliphatic heterocycles. The molecule has 1 aliphatic rings. The van der Waals surface area contributed by atoms with E-state index in [0.29, 0.717) is 100 Å². The normalized spacial score (nSPS) is 14.3. The van der Waals surface area contributed by atoms with Gasteiger partial charge in [-0.25, -0.2) is 28.7 Å². The molecule has 16 nitrogen and oxygen atoms in total. The lowest BCUT2D eigenvalue weighted by Gasteiger charge is -2.25. The lowest BCUT2D eigenvalue weighted by Crippen LogP contribution is -2.31. The molecule has 3 atom stereocenters. The minimum atomic E-state index is -0.931. The zero-order valence-electron chi connectivity index (χ0n) is 41.3. The maximum absolute atomic E-state index is 16.4. The zero-order chi connectivity index (χ0) is 51.5. The molecular weight excluding hydrogens is 970 g/mol. The first kappa shape index (κ1) is 51.6. The molecule has 5 N–H and O–H groups in total. The molecule has 2 amide bonds. The number of methoxy groups -OCH3 is 1. The van der Waals surface area contributed by atoms with Crippen molar-refractivity contribution in [2.75, 3.05) is 49.8 Å². The predicted octanol–water partition coefficient (Wildman–Crippen LogP) is 10.3. The first-order chi connectivity index (χ1) is 34.5. The van der Waals surface area contributed by atoms with Crippen LogP contribution < -0.4 is 35.9 Å². The molecule has 20 heteroatoms. The second-order valence-corrected chi connectivity index (χ2v) is 19.1. The summed E-state index contributed by atoms with van der Waals surface area (Å²) in [4.78, 5) is 46.8. The number of hydrogen-bond acceptors (Lipinski definition) is 12. The van der Waals surface area contributed by atoms with Crippen molar-refractivity contribution in [3.05, 3.63) is 128 Å². The summed E-state index contributed by atoms with van der Waals surface area (Å²) in [5, 5.41) is 8.55. The van der Waals surface area contributed by atoms with E-state index in [9.17, 15) is 9.59 Å². The van der Waals surface area contributed by atoms with Gasteiger partial charge in [0, 0.05) is 73.2 Å². The van der Waals surface area contributed by atoms with E-state index in [2.05, 4.69) is 25.9 Å². The van der Waals surface area contributed by atoms with Crippen molar-refractivity contribution >= 4 is 63.4 Å². The first-order valence-electron chi connectivity index (χ1n) is 23.8. The van der Waals surface area contributed by atoms with Gasteiger partial charge in [-0.15, -0.1) is 0 Å². The molecule has 5 heterocycles. The lowest BCUT2D eigenvalue weighted by atomic mass is 9.95. The van der Waals surface area contributed by atoms with Gasteiger partial charge in [0.05, 0.1) is 41.2 Å². The van der Waals surface area contributed by atoms with E-state index in [0.717, 1.165) is 12.8 Å². The Balaban J connectivity index is 1.10. The number of fused-ring (bicyclic) bond motifs is 2. The molecule has 3 unspecified atom stereocenters. The smallest absolute Gasteiger partial charge is 0.262 e. The van der Waals surface area contributed by atoms with Crippen LogP contribution in [0.1, 0.15) is 121 Å². The number of anilines is 3. The number of ether oxygens (including phenoxy) is 4. The van der Waals surface area contributed by atoms with E-state index in [4.69, 9.17) is 57.9 Å². The number of imidazole rings is 2. The number of rotatable bonds is 18. The molecule has 8 rings (SSSR count). The average molecular weight is 1030 g/mol. The Hall–Kier alpha value is -6.76. The van der Waals surface area contributed by atoms with E-state index < -0.39 is 47.5 Å². The van der Waals surface area contributed by atoms with Crippen LogP contribution in [0.2, 0.25) is 10.0 Å². The Morgan fingerprint density at radius 2 is 1.38 bits per heavy atom. The highest BCUT2D eigenvalue weighted by molar-refractivity contribution is 6.32. The number of hydrogen-bond donors (Lipinski definition) is 4. The summed E-state index contributed by atoms with van der Waals surface area (Å²) >= 11 is 13.2. The number of carbonyl (C=O) groups excluding carboxylic acids is 2. The molecule has 0 bridgehead atoms. The van der Waals surface area contributed by atoms with Crippen molar-refractivity contribution in [2.45, 2.75) is 91.8 Å². The van der Waals surface area contributed by atoms with Gasteiger partial charge in [0.15, 0.2) is 17.5 Å². The number of nitrogens with zero attached hydrogens (tertiary/aromatic N) is 6. The molecule has 0 spiro atoms. The highest BCUT2D eigenvalue weighted by Gasteiger charge is 2.33. The highest BCUT2D eigenvalue weighted by Crippen LogP contribution is 2.42. The van der Waals surface area contributed by atoms with Crippen molar-refractivity contribution in [2.24, 2.45) is 5.92 Å². The number of carbonyl (C=O) groups is 2. The summed E-state index contributed by atoms with van der Waals surface area (Å²) in [6.45, 7) is 14.5.